The fourth-order valence-electron chi connectivity index (χ4n) is 12.2. The maximum Gasteiger partial charge on any atom is 0.0544 e. The monoisotopic (exact) mass is 776 g/mol. The van der Waals surface area contributed by atoms with E-state index in [1.165, 1.54) is 112 Å². The number of para-hydroxylation sites is 3. The first-order chi connectivity index (χ1) is 28.8. The lowest BCUT2D eigenvalue weighted by Crippen LogP contribution is -2.43. The summed E-state index contributed by atoms with van der Waals surface area (Å²) in [7, 11) is 0. The van der Waals surface area contributed by atoms with Crippen LogP contribution in [0.2, 0.25) is 0 Å². The van der Waals surface area contributed by atoms with Crippen molar-refractivity contribution in [1.82, 2.24) is 0 Å². The molecule has 2 nitrogen and oxygen atoms in total. The molecule has 60 heavy (non-hydrogen) atoms. The van der Waals surface area contributed by atoms with E-state index in [1.807, 2.05) is 0 Å². The molecule has 0 aromatic heterocycles. The molecule has 0 radical (unpaired) electrons. The summed E-state index contributed by atoms with van der Waals surface area (Å²) in [6.07, 6.45) is 6.82. The Hall–Kier alpha value is -6.12. The second-order valence-corrected chi connectivity index (χ2v) is 20.1. The minimum atomic E-state index is -0.192. The molecule has 0 atom stereocenters. The number of anilines is 6. The van der Waals surface area contributed by atoms with Crippen LogP contribution in [0.25, 0.3) is 28.3 Å². The molecule has 7 aromatic rings. The number of benzene rings is 7. The average Bonchev–Trinajstić information content (AvgIpc) is 3.48. The van der Waals surface area contributed by atoms with Crippen LogP contribution in [0.3, 0.4) is 0 Å². The van der Waals surface area contributed by atoms with Gasteiger partial charge in [-0.15, -0.1) is 0 Å². The number of hydrogen-bond donors (Lipinski definition) is 0. The van der Waals surface area contributed by atoms with E-state index in [0.717, 1.165) is 12.8 Å². The Morgan fingerprint density at radius 2 is 0.950 bits per heavy atom. The molecule has 0 amide bonds. The molecule has 0 saturated carbocycles. The maximum atomic E-state index is 2.68. The van der Waals surface area contributed by atoms with Gasteiger partial charge in [-0.25, -0.2) is 0 Å². The SMILES string of the molecule is CC1(C)c2ccccc2-c2ccc(N(c3ccccc3)c3ccc(-c4cc5c6c(c4)C(C)(C)c4cccc7c4N6c4c(cccc4C5(C)C)C7(C)C)c4c3C=CCC4)cc21. The Labute approximate surface area is 355 Å². The summed E-state index contributed by atoms with van der Waals surface area (Å²) >= 11 is 0. The van der Waals surface area contributed by atoms with Crippen LogP contribution in [-0.4, -0.2) is 0 Å². The van der Waals surface area contributed by atoms with Crippen LogP contribution in [0.1, 0.15) is 117 Å². The second-order valence-electron chi connectivity index (χ2n) is 20.1. The molecular weight excluding hydrogens is 725 g/mol. The molecule has 12 rings (SSSR count). The number of allylic oxidation sites excluding steroid dienone is 1. The lowest BCUT2D eigenvalue weighted by molar-refractivity contribution is 0.567. The van der Waals surface area contributed by atoms with Gasteiger partial charge < -0.3 is 9.80 Å². The molecule has 294 valence electrons. The average molecular weight is 777 g/mol. The van der Waals surface area contributed by atoms with Gasteiger partial charge in [-0.1, -0.05) is 159 Å². The van der Waals surface area contributed by atoms with Gasteiger partial charge in [0.1, 0.15) is 0 Å². The summed E-state index contributed by atoms with van der Waals surface area (Å²) in [4.78, 5) is 5.18. The third-order valence-corrected chi connectivity index (χ3v) is 15.5. The van der Waals surface area contributed by atoms with Crippen LogP contribution in [-0.2, 0) is 28.1 Å². The Morgan fingerprint density at radius 1 is 0.433 bits per heavy atom. The van der Waals surface area contributed by atoms with E-state index in [-0.39, 0.29) is 21.7 Å². The molecule has 0 N–H and O–H groups in total. The molecule has 7 aromatic carbocycles. The topological polar surface area (TPSA) is 6.48 Å². The highest BCUT2D eigenvalue weighted by Crippen LogP contribution is 2.66. The highest BCUT2D eigenvalue weighted by Gasteiger charge is 2.51. The quantitative estimate of drug-likeness (QED) is 0.176. The molecule has 0 fully saturated rings. The predicted molar refractivity (Wildman–Crippen MR) is 253 cm³/mol. The van der Waals surface area contributed by atoms with Crippen LogP contribution in [0, 0.1) is 0 Å². The Bertz CT molecular complexity index is 2950. The summed E-state index contributed by atoms with van der Waals surface area (Å²) < 4.78 is 0. The van der Waals surface area contributed by atoms with Crippen LogP contribution in [0.4, 0.5) is 34.1 Å². The van der Waals surface area contributed by atoms with Crippen LogP contribution < -0.4 is 9.80 Å². The van der Waals surface area contributed by atoms with Gasteiger partial charge in [-0.2, -0.15) is 0 Å². The zero-order chi connectivity index (χ0) is 41.1. The van der Waals surface area contributed by atoms with E-state index in [9.17, 15) is 0 Å². The van der Waals surface area contributed by atoms with E-state index in [1.54, 1.807) is 0 Å². The van der Waals surface area contributed by atoms with Crippen molar-refractivity contribution in [2.45, 2.75) is 89.9 Å². The molecule has 3 aliphatic heterocycles. The highest BCUT2D eigenvalue weighted by molar-refractivity contribution is 6.00. The Balaban J connectivity index is 1.07. The summed E-state index contributed by atoms with van der Waals surface area (Å²) in [6.45, 7) is 19.5. The van der Waals surface area contributed by atoms with Crippen molar-refractivity contribution in [1.29, 1.82) is 0 Å². The van der Waals surface area contributed by atoms with Gasteiger partial charge >= 0.3 is 0 Å². The first-order valence-corrected chi connectivity index (χ1v) is 22.0. The smallest absolute Gasteiger partial charge is 0.0544 e. The molecule has 2 aliphatic carbocycles. The first-order valence-electron chi connectivity index (χ1n) is 22.0. The molecule has 0 saturated heterocycles. The van der Waals surface area contributed by atoms with Crippen molar-refractivity contribution in [3.63, 3.8) is 0 Å². The number of rotatable bonds is 4. The normalized spacial score (nSPS) is 18.0. The zero-order valence-electron chi connectivity index (χ0n) is 36.2. The van der Waals surface area contributed by atoms with Gasteiger partial charge in [-0.05, 0) is 128 Å². The molecule has 2 heteroatoms. The maximum absolute atomic E-state index is 2.68. The molecule has 0 unspecified atom stereocenters. The van der Waals surface area contributed by atoms with Crippen molar-refractivity contribution in [3.8, 4) is 22.3 Å². The number of fused-ring (bicyclic) bond motifs is 4. The van der Waals surface area contributed by atoms with Gasteiger partial charge in [0.15, 0.2) is 0 Å². The molecule has 0 spiro atoms. The van der Waals surface area contributed by atoms with Gasteiger partial charge in [0.25, 0.3) is 0 Å². The van der Waals surface area contributed by atoms with E-state index in [0.29, 0.717) is 0 Å². The number of nitrogens with zero attached hydrogens (tertiary/aromatic N) is 2. The predicted octanol–water partition coefficient (Wildman–Crippen LogP) is 15.5. The minimum Gasteiger partial charge on any atom is -0.310 e. The summed E-state index contributed by atoms with van der Waals surface area (Å²) in [5.74, 6) is 0. The van der Waals surface area contributed by atoms with E-state index >= 15 is 0 Å². The fourth-order valence-corrected chi connectivity index (χ4v) is 12.2. The standard InChI is InChI=1S/C58H52N2/c1-55(2)43-23-15-14-21-40(43)41-29-28-37(34-48(41)55)59(36-18-10-9-11-19-36)51-31-30-38(39-20-12-13-22-42(39)51)35-32-49-54-50(33-35)58(7,8)47-27-17-25-45-53(47)60(54)52-44(56(45,3)4)24-16-26-46(52)57(49,5)6/h9-11,13-19,21-34H,12,20H2,1-8H3. The third-order valence-electron chi connectivity index (χ3n) is 15.5. The van der Waals surface area contributed by atoms with Crippen molar-refractivity contribution in [3.05, 3.63) is 195 Å². The molecule has 3 heterocycles. The van der Waals surface area contributed by atoms with E-state index in [4.69, 9.17) is 0 Å². The van der Waals surface area contributed by atoms with Gasteiger partial charge in [0.2, 0.25) is 0 Å². The van der Waals surface area contributed by atoms with Crippen molar-refractivity contribution >= 4 is 40.2 Å². The zero-order valence-corrected chi connectivity index (χ0v) is 36.2. The summed E-state index contributed by atoms with van der Waals surface area (Å²) in [6, 6.07) is 51.2. The Morgan fingerprint density at radius 3 is 1.60 bits per heavy atom. The van der Waals surface area contributed by atoms with Gasteiger partial charge in [-0.3, -0.25) is 0 Å². The van der Waals surface area contributed by atoms with Gasteiger partial charge in [0.05, 0.1) is 22.7 Å². The second kappa shape index (κ2) is 11.8. The van der Waals surface area contributed by atoms with E-state index < -0.39 is 0 Å². The molecule has 5 aliphatic rings. The van der Waals surface area contributed by atoms with Gasteiger partial charge in [0, 0.05) is 38.6 Å². The number of hydrogen-bond acceptors (Lipinski definition) is 2. The summed E-state index contributed by atoms with van der Waals surface area (Å²) in [5.41, 5.74) is 26.7. The minimum absolute atomic E-state index is 0.0870. The van der Waals surface area contributed by atoms with Crippen molar-refractivity contribution in [2.24, 2.45) is 0 Å². The first kappa shape index (κ1) is 35.8. The fraction of sp³-hybridized carbons (Fsp3) is 0.241. The van der Waals surface area contributed by atoms with E-state index in [2.05, 4.69) is 211 Å². The van der Waals surface area contributed by atoms with Crippen molar-refractivity contribution < 1.29 is 0 Å². The van der Waals surface area contributed by atoms with Crippen LogP contribution >= 0.6 is 0 Å². The summed E-state index contributed by atoms with van der Waals surface area (Å²) in [5, 5.41) is 0. The van der Waals surface area contributed by atoms with Crippen LogP contribution in [0.15, 0.2) is 140 Å². The van der Waals surface area contributed by atoms with Crippen molar-refractivity contribution in [2.75, 3.05) is 9.80 Å². The largest absolute Gasteiger partial charge is 0.310 e. The van der Waals surface area contributed by atoms with Crippen LogP contribution in [0.5, 0.6) is 0 Å². The third kappa shape index (κ3) is 4.44. The molecule has 0 bridgehead atoms. The Kier molecular flexibility index (Phi) is 7.03. The lowest BCUT2D eigenvalue weighted by atomic mass is 9.60. The lowest BCUT2D eigenvalue weighted by Gasteiger charge is -2.55. The molecular formula is C58H52N2. The highest BCUT2D eigenvalue weighted by atomic mass is 15.2.